The van der Waals surface area contributed by atoms with Crippen LogP contribution in [0.5, 0.6) is 0 Å². The predicted octanol–water partition coefficient (Wildman–Crippen LogP) is 0.225. The smallest absolute Gasteiger partial charge is 0.404 e. The summed E-state index contributed by atoms with van der Waals surface area (Å²) in [6.07, 6.45) is 0.645. The van der Waals surface area contributed by atoms with Gasteiger partial charge in [-0.3, -0.25) is 19.5 Å². The first-order valence-corrected chi connectivity index (χ1v) is 4.70. The monoisotopic (exact) mass is 255 g/mol. The molecule has 0 aliphatic heterocycles. The van der Waals surface area contributed by atoms with Gasteiger partial charge >= 0.3 is 11.6 Å². The molecule has 0 aromatic carbocycles. The maximum absolute atomic E-state index is 13.0. The Labute approximate surface area is 97.4 Å². The SMILES string of the molecule is O=c1[nH]cc(F)c(=O)n1Cc1ccc([N+](=O)[O-])o1. The third kappa shape index (κ3) is 2.05. The minimum absolute atomic E-state index is 0.0000926. The summed E-state index contributed by atoms with van der Waals surface area (Å²) in [7, 11) is 0. The summed E-state index contributed by atoms with van der Waals surface area (Å²) in [6.45, 7) is -0.389. The average Bonchev–Trinajstić information content (AvgIpc) is 2.78. The Kier molecular flexibility index (Phi) is 2.80. The molecule has 9 heteroatoms. The van der Waals surface area contributed by atoms with Crippen molar-refractivity contribution in [1.29, 1.82) is 0 Å². The molecule has 0 unspecified atom stereocenters. The van der Waals surface area contributed by atoms with E-state index in [1.165, 1.54) is 6.07 Å². The van der Waals surface area contributed by atoms with Crippen LogP contribution < -0.4 is 11.2 Å². The third-order valence-electron chi connectivity index (χ3n) is 2.16. The van der Waals surface area contributed by atoms with Crippen LogP contribution in [0.2, 0.25) is 0 Å². The van der Waals surface area contributed by atoms with Crippen LogP contribution in [0.25, 0.3) is 0 Å². The van der Waals surface area contributed by atoms with E-state index in [1.807, 2.05) is 4.98 Å². The van der Waals surface area contributed by atoms with Gasteiger partial charge in [-0.25, -0.2) is 4.79 Å². The van der Waals surface area contributed by atoms with Crippen LogP contribution in [0.4, 0.5) is 10.3 Å². The molecule has 0 saturated heterocycles. The zero-order valence-electron chi connectivity index (χ0n) is 8.75. The van der Waals surface area contributed by atoms with Gasteiger partial charge in [0.05, 0.1) is 12.6 Å². The molecule has 18 heavy (non-hydrogen) atoms. The molecule has 1 N–H and O–H groups in total. The van der Waals surface area contributed by atoms with E-state index >= 15 is 0 Å². The number of halogens is 1. The number of furan rings is 1. The van der Waals surface area contributed by atoms with Crippen LogP contribution >= 0.6 is 0 Å². The first-order valence-electron chi connectivity index (χ1n) is 4.70. The lowest BCUT2D eigenvalue weighted by Crippen LogP contribution is -2.36. The van der Waals surface area contributed by atoms with Gasteiger partial charge in [-0.05, 0) is 6.07 Å². The lowest BCUT2D eigenvalue weighted by molar-refractivity contribution is -0.402. The zero-order valence-corrected chi connectivity index (χ0v) is 8.75. The molecular weight excluding hydrogens is 249 g/mol. The molecular formula is C9H6FN3O5. The molecule has 2 aromatic rings. The number of H-pyrrole nitrogens is 1. The lowest BCUT2D eigenvalue weighted by atomic mass is 10.4. The summed E-state index contributed by atoms with van der Waals surface area (Å²) in [5, 5.41) is 10.4. The standard InChI is InChI=1S/C9H6FN3O5/c10-6-3-11-9(15)12(8(6)14)4-5-1-2-7(18-5)13(16)17/h1-3H,4H2,(H,11,15). The largest absolute Gasteiger partial charge is 0.433 e. The van der Waals surface area contributed by atoms with Gasteiger partial charge in [-0.15, -0.1) is 0 Å². The van der Waals surface area contributed by atoms with E-state index in [0.717, 1.165) is 6.07 Å². The van der Waals surface area contributed by atoms with E-state index < -0.39 is 27.9 Å². The highest BCUT2D eigenvalue weighted by Crippen LogP contribution is 2.15. The fraction of sp³-hybridized carbons (Fsp3) is 0.111. The molecule has 94 valence electrons. The molecule has 0 fully saturated rings. The highest BCUT2D eigenvalue weighted by Gasteiger charge is 2.14. The average molecular weight is 255 g/mol. The molecule has 0 bridgehead atoms. The number of hydrogen-bond acceptors (Lipinski definition) is 5. The van der Waals surface area contributed by atoms with Crippen LogP contribution in [0.15, 0.2) is 32.3 Å². The lowest BCUT2D eigenvalue weighted by Gasteiger charge is -2.00. The van der Waals surface area contributed by atoms with Crippen molar-refractivity contribution in [3.05, 3.63) is 60.9 Å². The molecule has 2 aromatic heterocycles. The summed E-state index contributed by atoms with van der Waals surface area (Å²) < 4.78 is 18.3. The molecule has 0 aliphatic carbocycles. The van der Waals surface area contributed by atoms with Crippen molar-refractivity contribution in [3.63, 3.8) is 0 Å². The Morgan fingerprint density at radius 1 is 1.44 bits per heavy atom. The summed E-state index contributed by atoms with van der Waals surface area (Å²) >= 11 is 0. The first kappa shape index (κ1) is 11.8. The van der Waals surface area contributed by atoms with Gasteiger partial charge in [-0.2, -0.15) is 4.39 Å². The number of nitrogens with zero attached hydrogens (tertiary/aromatic N) is 2. The van der Waals surface area contributed by atoms with Gasteiger partial charge in [-0.1, -0.05) is 0 Å². The Morgan fingerprint density at radius 2 is 2.17 bits per heavy atom. The molecule has 0 spiro atoms. The van der Waals surface area contributed by atoms with Gasteiger partial charge in [0, 0.05) is 6.20 Å². The number of rotatable bonds is 3. The van der Waals surface area contributed by atoms with Crippen LogP contribution in [0.3, 0.4) is 0 Å². The van der Waals surface area contributed by atoms with Crippen molar-refractivity contribution < 1.29 is 13.7 Å². The minimum Gasteiger partial charge on any atom is -0.404 e. The van der Waals surface area contributed by atoms with Crippen LogP contribution in [-0.4, -0.2) is 14.5 Å². The maximum atomic E-state index is 13.0. The second kappa shape index (κ2) is 4.28. The minimum atomic E-state index is -1.13. The van der Waals surface area contributed by atoms with Crippen molar-refractivity contribution in [2.75, 3.05) is 0 Å². The molecule has 0 aliphatic rings. The van der Waals surface area contributed by atoms with Crippen LogP contribution in [0, 0.1) is 15.9 Å². The summed E-state index contributed by atoms with van der Waals surface area (Å²) in [5.74, 6) is -1.65. The van der Waals surface area contributed by atoms with E-state index in [1.54, 1.807) is 0 Å². The number of nitro groups is 1. The van der Waals surface area contributed by atoms with Crippen molar-refractivity contribution in [2.45, 2.75) is 6.54 Å². The second-order valence-electron chi connectivity index (χ2n) is 3.33. The second-order valence-corrected chi connectivity index (χ2v) is 3.33. The van der Waals surface area contributed by atoms with E-state index in [-0.39, 0.29) is 12.3 Å². The Hall–Kier alpha value is -2.71. The van der Waals surface area contributed by atoms with Crippen molar-refractivity contribution in [2.24, 2.45) is 0 Å². The fourth-order valence-electron chi connectivity index (χ4n) is 1.34. The molecule has 8 nitrogen and oxygen atoms in total. The molecule has 0 amide bonds. The number of aromatic nitrogens is 2. The molecule has 2 rings (SSSR count). The third-order valence-corrected chi connectivity index (χ3v) is 2.16. The summed E-state index contributed by atoms with van der Waals surface area (Å²) in [4.78, 5) is 34.3. The van der Waals surface area contributed by atoms with Crippen molar-refractivity contribution in [3.8, 4) is 0 Å². The van der Waals surface area contributed by atoms with E-state index in [9.17, 15) is 24.1 Å². The van der Waals surface area contributed by atoms with Gasteiger partial charge in [0.15, 0.2) is 0 Å². The fourth-order valence-corrected chi connectivity index (χ4v) is 1.34. The molecule has 0 atom stereocenters. The van der Waals surface area contributed by atoms with Crippen LogP contribution in [-0.2, 0) is 6.54 Å². The number of nitrogens with one attached hydrogen (secondary N) is 1. The van der Waals surface area contributed by atoms with Gasteiger partial charge in [0.25, 0.3) is 5.56 Å². The highest BCUT2D eigenvalue weighted by atomic mass is 19.1. The first-order chi connectivity index (χ1) is 8.49. The summed E-state index contributed by atoms with van der Waals surface area (Å²) in [5.41, 5.74) is -1.96. The highest BCUT2D eigenvalue weighted by molar-refractivity contribution is 5.18. The predicted molar refractivity (Wildman–Crippen MR) is 55.7 cm³/mol. The summed E-state index contributed by atoms with van der Waals surface area (Å²) in [6, 6.07) is 2.31. The van der Waals surface area contributed by atoms with Crippen molar-refractivity contribution >= 4 is 5.88 Å². The Morgan fingerprint density at radius 3 is 2.78 bits per heavy atom. The van der Waals surface area contributed by atoms with Gasteiger partial charge < -0.3 is 9.40 Å². The topological polar surface area (TPSA) is 111 Å². The normalized spacial score (nSPS) is 10.5. The van der Waals surface area contributed by atoms with Gasteiger partial charge in [0.1, 0.15) is 10.7 Å². The van der Waals surface area contributed by atoms with E-state index in [2.05, 4.69) is 0 Å². The van der Waals surface area contributed by atoms with E-state index in [0.29, 0.717) is 10.8 Å². The molecule has 2 heterocycles. The molecule has 0 saturated carbocycles. The van der Waals surface area contributed by atoms with Crippen LogP contribution in [0.1, 0.15) is 5.76 Å². The molecule has 0 radical (unpaired) electrons. The zero-order chi connectivity index (χ0) is 13.3. The maximum Gasteiger partial charge on any atom is 0.433 e. The van der Waals surface area contributed by atoms with E-state index in [4.69, 9.17) is 4.42 Å². The quantitative estimate of drug-likeness (QED) is 0.623. The number of aromatic amines is 1. The Balaban J connectivity index is 2.40. The number of hydrogen-bond donors (Lipinski definition) is 1. The van der Waals surface area contributed by atoms with Crippen molar-refractivity contribution in [1.82, 2.24) is 9.55 Å². The Bertz CT molecular complexity index is 713. The van der Waals surface area contributed by atoms with Gasteiger partial charge in [0.2, 0.25) is 5.82 Å².